The summed E-state index contributed by atoms with van der Waals surface area (Å²) in [4.78, 5) is 49.8. The summed E-state index contributed by atoms with van der Waals surface area (Å²) < 4.78 is 4.95. The van der Waals surface area contributed by atoms with E-state index in [1.54, 1.807) is 7.11 Å². The number of nitrogens with zero attached hydrogens (tertiary/aromatic N) is 1. The quantitative estimate of drug-likeness (QED) is 0.487. The van der Waals surface area contributed by atoms with Crippen molar-refractivity contribution in [1.82, 2.24) is 15.5 Å². The van der Waals surface area contributed by atoms with Crippen molar-refractivity contribution in [3.8, 4) is 0 Å². The zero-order valence-corrected chi connectivity index (χ0v) is 15.2. The number of ether oxygens (including phenoxy) is 1. The van der Waals surface area contributed by atoms with Gasteiger partial charge in [-0.3, -0.25) is 24.1 Å². The highest BCUT2D eigenvalue weighted by Gasteiger charge is 2.35. The Labute approximate surface area is 157 Å². The standard InChI is InChI=1S/C19H23N3O5/c1-27-10-2-9-22-18(25)14-6-5-13(11-15(14)19(22)26)17(24)21-8-7-20-16(23)12-3-4-12/h5-6,11-12H,2-4,7-10H2,1H3,(H,20,23)(H,21,24). The molecule has 0 spiro atoms. The Bertz CT molecular complexity index is 773. The average Bonchev–Trinajstić information content (AvgIpc) is 3.49. The second kappa shape index (κ2) is 8.30. The fraction of sp³-hybridized carbons (Fsp3) is 0.474. The minimum Gasteiger partial charge on any atom is -0.385 e. The molecule has 3 rings (SSSR count). The first-order valence-corrected chi connectivity index (χ1v) is 9.08. The molecule has 0 unspecified atom stereocenters. The Hall–Kier alpha value is -2.74. The second-order valence-corrected chi connectivity index (χ2v) is 6.69. The molecule has 2 aliphatic rings. The minimum atomic E-state index is -0.391. The first-order valence-electron chi connectivity index (χ1n) is 9.08. The Balaban J connectivity index is 1.56. The van der Waals surface area contributed by atoms with Gasteiger partial charge in [0, 0.05) is 44.8 Å². The van der Waals surface area contributed by atoms with Crippen molar-refractivity contribution in [3.05, 3.63) is 34.9 Å². The van der Waals surface area contributed by atoms with Gasteiger partial charge in [-0.2, -0.15) is 0 Å². The van der Waals surface area contributed by atoms with Gasteiger partial charge in [0.2, 0.25) is 5.91 Å². The number of methoxy groups -OCH3 is 1. The van der Waals surface area contributed by atoms with E-state index in [1.807, 2.05) is 0 Å². The largest absolute Gasteiger partial charge is 0.385 e. The molecule has 0 atom stereocenters. The molecule has 1 aliphatic carbocycles. The summed E-state index contributed by atoms with van der Waals surface area (Å²) in [5.41, 5.74) is 0.861. The molecule has 1 heterocycles. The molecule has 8 nitrogen and oxygen atoms in total. The normalized spacial score (nSPS) is 15.7. The van der Waals surface area contributed by atoms with Crippen LogP contribution in [0.1, 0.15) is 50.3 Å². The molecule has 144 valence electrons. The molecule has 8 heteroatoms. The van der Waals surface area contributed by atoms with Crippen molar-refractivity contribution < 1.29 is 23.9 Å². The summed E-state index contributed by atoms with van der Waals surface area (Å²) >= 11 is 0. The van der Waals surface area contributed by atoms with Gasteiger partial charge < -0.3 is 15.4 Å². The van der Waals surface area contributed by atoms with Crippen LogP contribution in [0.3, 0.4) is 0 Å². The molecular weight excluding hydrogens is 350 g/mol. The van der Waals surface area contributed by atoms with E-state index in [0.29, 0.717) is 37.2 Å². The summed E-state index contributed by atoms with van der Waals surface area (Å²) in [6, 6.07) is 4.49. The van der Waals surface area contributed by atoms with Crippen molar-refractivity contribution in [2.24, 2.45) is 5.92 Å². The van der Waals surface area contributed by atoms with Crippen molar-refractivity contribution in [2.75, 3.05) is 33.4 Å². The van der Waals surface area contributed by atoms with Crippen LogP contribution in [-0.4, -0.2) is 61.9 Å². The molecule has 0 bridgehead atoms. The van der Waals surface area contributed by atoms with Gasteiger partial charge in [0.25, 0.3) is 17.7 Å². The predicted molar refractivity (Wildman–Crippen MR) is 96.4 cm³/mol. The molecule has 27 heavy (non-hydrogen) atoms. The SMILES string of the molecule is COCCCN1C(=O)c2ccc(C(=O)NCCNC(=O)C3CC3)cc2C1=O. The van der Waals surface area contributed by atoms with E-state index < -0.39 is 5.91 Å². The van der Waals surface area contributed by atoms with Crippen LogP contribution in [0.15, 0.2) is 18.2 Å². The zero-order valence-electron chi connectivity index (χ0n) is 15.2. The third-order valence-electron chi connectivity index (χ3n) is 4.62. The predicted octanol–water partition coefficient (Wildman–Crippen LogP) is 0.575. The van der Waals surface area contributed by atoms with Gasteiger partial charge in [0.1, 0.15) is 0 Å². The monoisotopic (exact) mass is 373 g/mol. The molecule has 4 amide bonds. The van der Waals surface area contributed by atoms with Crippen LogP contribution in [0.2, 0.25) is 0 Å². The maximum absolute atomic E-state index is 12.5. The molecule has 0 radical (unpaired) electrons. The minimum absolute atomic E-state index is 0.0273. The molecule has 1 saturated carbocycles. The number of rotatable bonds is 9. The number of fused-ring (bicyclic) bond motifs is 1. The number of benzene rings is 1. The summed E-state index contributed by atoms with van der Waals surface area (Å²) in [5, 5.41) is 5.47. The van der Waals surface area contributed by atoms with E-state index in [-0.39, 0.29) is 35.7 Å². The lowest BCUT2D eigenvalue weighted by molar-refractivity contribution is -0.122. The Kier molecular flexibility index (Phi) is 5.85. The summed E-state index contributed by atoms with van der Waals surface area (Å²) in [6.45, 7) is 1.39. The van der Waals surface area contributed by atoms with Gasteiger partial charge in [-0.15, -0.1) is 0 Å². The highest BCUT2D eigenvalue weighted by molar-refractivity contribution is 6.22. The van der Waals surface area contributed by atoms with Crippen LogP contribution < -0.4 is 10.6 Å². The van der Waals surface area contributed by atoms with E-state index in [4.69, 9.17) is 4.74 Å². The summed E-state index contributed by atoms with van der Waals surface area (Å²) in [7, 11) is 1.56. The van der Waals surface area contributed by atoms with E-state index in [2.05, 4.69) is 10.6 Å². The summed E-state index contributed by atoms with van der Waals surface area (Å²) in [5.74, 6) is -0.929. The first-order chi connectivity index (χ1) is 13.0. The van der Waals surface area contributed by atoms with Gasteiger partial charge in [-0.1, -0.05) is 0 Å². The van der Waals surface area contributed by atoms with Crippen LogP contribution >= 0.6 is 0 Å². The topological polar surface area (TPSA) is 105 Å². The van der Waals surface area contributed by atoms with Crippen LogP contribution in [0, 0.1) is 5.92 Å². The van der Waals surface area contributed by atoms with Crippen molar-refractivity contribution in [2.45, 2.75) is 19.3 Å². The molecule has 1 aliphatic heterocycles. The molecule has 0 aromatic heterocycles. The van der Waals surface area contributed by atoms with Gasteiger partial charge in [-0.05, 0) is 37.5 Å². The fourth-order valence-corrected chi connectivity index (χ4v) is 2.96. The van der Waals surface area contributed by atoms with Crippen molar-refractivity contribution in [3.63, 3.8) is 0 Å². The lowest BCUT2D eigenvalue weighted by atomic mass is 10.1. The van der Waals surface area contributed by atoms with E-state index >= 15 is 0 Å². The third-order valence-corrected chi connectivity index (χ3v) is 4.62. The first kappa shape index (κ1) is 19.0. The maximum Gasteiger partial charge on any atom is 0.261 e. The smallest absolute Gasteiger partial charge is 0.261 e. The number of carbonyl (C=O) groups excluding carboxylic acids is 4. The third kappa shape index (κ3) is 4.33. The van der Waals surface area contributed by atoms with Crippen LogP contribution in [0.4, 0.5) is 0 Å². The number of carbonyl (C=O) groups is 4. The van der Waals surface area contributed by atoms with Crippen LogP contribution in [0.5, 0.6) is 0 Å². The molecule has 0 saturated heterocycles. The van der Waals surface area contributed by atoms with Gasteiger partial charge in [0.15, 0.2) is 0 Å². The number of hydrogen-bond acceptors (Lipinski definition) is 5. The molecule has 1 fully saturated rings. The highest BCUT2D eigenvalue weighted by Crippen LogP contribution is 2.28. The molecule has 1 aromatic carbocycles. The Morgan fingerprint density at radius 1 is 1.11 bits per heavy atom. The zero-order chi connectivity index (χ0) is 19.4. The Morgan fingerprint density at radius 3 is 2.52 bits per heavy atom. The van der Waals surface area contributed by atoms with Gasteiger partial charge in [0.05, 0.1) is 11.1 Å². The summed E-state index contributed by atoms with van der Waals surface area (Å²) in [6.07, 6.45) is 2.42. The van der Waals surface area contributed by atoms with Gasteiger partial charge >= 0.3 is 0 Å². The fourth-order valence-electron chi connectivity index (χ4n) is 2.96. The van der Waals surface area contributed by atoms with Crippen LogP contribution in [-0.2, 0) is 9.53 Å². The van der Waals surface area contributed by atoms with Gasteiger partial charge in [-0.25, -0.2) is 0 Å². The van der Waals surface area contributed by atoms with E-state index in [9.17, 15) is 19.2 Å². The van der Waals surface area contributed by atoms with Crippen LogP contribution in [0.25, 0.3) is 0 Å². The highest BCUT2D eigenvalue weighted by atomic mass is 16.5. The van der Waals surface area contributed by atoms with E-state index in [0.717, 1.165) is 12.8 Å². The number of nitrogens with one attached hydrogen (secondary N) is 2. The lowest BCUT2D eigenvalue weighted by Gasteiger charge is -2.12. The average molecular weight is 373 g/mol. The Morgan fingerprint density at radius 2 is 1.81 bits per heavy atom. The number of hydrogen-bond donors (Lipinski definition) is 2. The molecule has 1 aromatic rings. The van der Waals surface area contributed by atoms with Crippen molar-refractivity contribution >= 4 is 23.6 Å². The number of amides is 4. The van der Waals surface area contributed by atoms with Crippen molar-refractivity contribution in [1.29, 1.82) is 0 Å². The van der Waals surface area contributed by atoms with E-state index in [1.165, 1.54) is 23.1 Å². The molecule has 2 N–H and O–H groups in total. The second-order valence-electron chi connectivity index (χ2n) is 6.69. The molecular formula is C19H23N3O5. The number of imide groups is 1. The lowest BCUT2D eigenvalue weighted by Crippen LogP contribution is -2.35. The maximum atomic E-state index is 12.5.